The van der Waals surface area contributed by atoms with Crippen LogP contribution in [0, 0.1) is 5.92 Å². The van der Waals surface area contributed by atoms with E-state index in [-0.39, 0.29) is 24.7 Å². The second-order valence-corrected chi connectivity index (χ2v) is 6.00. The van der Waals surface area contributed by atoms with E-state index < -0.39 is 24.0 Å². The van der Waals surface area contributed by atoms with Gasteiger partial charge in [-0.25, -0.2) is 4.79 Å². The number of nitrogens with one attached hydrogen (secondary N) is 2. The molecule has 0 spiro atoms. The fraction of sp³-hybridized carbons (Fsp3) is 0.200. The second-order valence-electron chi connectivity index (χ2n) is 6.00. The Morgan fingerprint density at radius 3 is 2.63 bits per heavy atom. The first-order valence-corrected chi connectivity index (χ1v) is 8.44. The third-order valence-electron chi connectivity index (χ3n) is 4.09. The van der Waals surface area contributed by atoms with Crippen LogP contribution in [0.3, 0.4) is 0 Å². The van der Waals surface area contributed by atoms with Crippen LogP contribution in [0.25, 0.3) is 0 Å². The predicted octanol–water partition coefficient (Wildman–Crippen LogP) is 2.50. The van der Waals surface area contributed by atoms with E-state index in [2.05, 4.69) is 17.2 Å². The molecule has 3 N–H and O–H groups in total. The fourth-order valence-corrected chi connectivity index (χ4v) is 2.87. The molecular weight excluding hydrogens is 348 g/mol. The molecule has 7 heteroatoms. The van der Waals surface area contributed by atoms with Gasteiger partial charge in [0.25, 0.3) is 0 Å². The van der Waals surface area contributed by atoms with Gasteiger partial charge >= 0.3 is 12.0 Å². The van der Waals surface area contributed by atoms with Gasteiger partial charge in [-0.1, -0.05) is 36.9 Å². The first-order chi connectivity index (χ1) is 13.0. The van der Waals surface area contributed by atoms with Crippen LogP contribution in [0.5, 0.6) is 11.5 Å². The third kappa shape index (κ3) is 4.58. The number of aromatic hydroxyl groups is 1. The molecule has 7 nitrogen and oxygen atoms in total. The summed E-state index contributed by atoms with van der Waals surface area (Å²) in [5.41, 5.74) is 0.814. The lowest BCUT2D eigenvalue weighted by atomic mass is 9.89. The average molecular weight is 368 g/mol. The molecule has 1 aliphatic heterocycles. The molecule has 2 aromatic carbocycles. The summed E-state index contributed by atoms with van der Waals surface area (Å²) in [5, 5.41) is 14.9. The van der Waals surface area contributed by atoms with Gasteiger partial charge in [0.1, 0.15) is 30.6 Å². The molecule has 0 radical (unpaired) electrons. The lowest BCUT2D eigenvalue weighted by Crippen LogP contribution is -2.51. The maximum absolute atomic E-state index is 12.6. The Labute approximate surface area is 156 Å². The van der Waals surface area contributed by atoms with Gasteiger partial charge < -0.3 is 25.2 Å². The first-order valence-electron chi connectivity index (χ1n) is 8.44. The van der Waals surface area contributed by atoms with Crippen LogP contribution in [-0.4, -0.2) is 30.3 Å². The molecule has 2 amide bonds. The zero-order valence-electron chi connectivity index (χ0n) is 14.6. The largest absolute Gasteiger partial charge is 0.508 e. The summed E-state index contributed by atoms with van der Waals surface area (Å²) in [5.74, 6) is -0.657. The topological polar surface area (TPSA) is 96.9 Å². The Hall–Kier alpha value is -3.48. The molecule has 2 atom stereocenters. The van der Waals surface area contributed by atoms with Gasteiger partial charge in [0.15, 0.2) is 0 Å². The number of urea groups is 1. The van der Waals surface area contributed by atoms with E-state index in [9.17, 15) is 14.7 Å². The molecule has 1 heterocycles. The Bertz CT molecular complexity index is 837. The van der Waals surface area contributed by atoms with Crippen molar-refractivity contribution in [2.75, 3.05) is 13.2 Å². The maximum atomic E-state index is 12.6. The lowest BCUT2D eigenvalue weighted by Gasteiger charge is -2.33. The van der Waals surface area contributed by atoms with Crippen molar-refractivity contribution in [1.82, 2.24) is 10.6 Å². The summed E-state index contributed by atoms with van der Waals surface area (Å²) < 4.78 is 10.8. The molecule has 0 bridgehead atoms. The minimum Gasteiger partial charge on any atom is -0.508 e. The molecule has 0 unspecified atom stereocenters. The van der Waals surface area contributed by atoms with Crippen molar-refractivity contribution in [2.24, 2.45) is 5.92 Å². The molecule has 2 aromatic rings. The zero-order valence-corrected chi connectivity index (χ0v) is 14.6. The van der Waals surface area contributed by atoms with Crippen LogP contribution < -0.4 is 15.4 Å². The Kier molecular flexibility index (Phi) is 5.61. The predicted molar refractivity (Wildman–Crippen MR) is 98.0 cm³/mol. The summed E-state index contributed by atoms with van der Waals surface area (Å²) in [6.45, 7) is 4.03. The normalized spacial score (nSPS) is 19.0. The van der Waals surface area contributed by atoms with Crippen LogP contribution in [0.15, 0.2) is 66.9 Å². The molecule has 1 aliphatic rings. The molecule has 27 heavy (non-hydrogen) atoms. The number of para-hydroxylation sites is 1. The minimum absolute atomic E-state index is 0.0364. The van der Waals surface area contributed by atoms with E-state index in [4.69, 9.17) is 9.47 Å². The van der Waals surface area contributed by atoms with E-state index >= 15 is 0 Å². The zero-order chi connectivity index (χ0) is 19.2. The summed E-state index contributed by atoms with van der Waals surface area (Å²) >= 11 is 0. The highest BCUT2D eigenvalue weighted by molar-refractivity contribution is 5.85. The number of phenolic OH excluding ortho intramolecular Hbond substituents is 1. The van der Waals surface area contributed by atoms with Crippen molar-refractivity contribution in [3.8, 4) is 11.5 Å². The number of amides is 2. The van der Waals surface area contributed by atoms with Gasteiger partial charge in [0.2, 0.25) is 0 Å². The molecule has 0 saturated carbocycles. The lowest BCUT2D eigenvalue weighted by molar-refractivity contribution is -0.149. The molecule has 1 saturated heterocycles. The fourth-order valence-electron chi connectivity index (χ4n) is 2.87. The monoisotopic (exact) mass is 368 g/mol. The highest BCUT2D eigenvalue weighted by Crippen LogP contribution is 2.31. The van der Waals surface area contributed by atoms with Gasteiger partial charge in [-0.2, -0.15) is 0 Å². The number of hydrogen-bond donors (Lipinski definition) is 3. The van der Waals surface area contributed by atoms with Crippen molar-refractivity contribution in [3.63, 3.8) is 0 Å². The number of benzene rings is 2. The highest BCUT2D eigenvalue weighted by atomic mass is 16.6. The van der Waals surface area contributed by atoms with Gasteiger partial charge in [-0.3, -0.25) is 4.79 Å². The number of carbonyl (C=O) groups is 2. The van der Waals surface area contributed by atoms with Gasteiger partial charge in [0, 0.05) is 5.70 Å². The molecule has 0 aliphatic carbocycles. The summed E-state index contributed by atoms with van der Waals surface area (Å²) in [4.78, 5) is 24.4. The Balaban J connectivity index is 1.64. The maximum Gasteiger partial charge on any atom is 0.319 e. The number of rotatable bonds is 6. The van der Waals surface area contributed by atoms with Crippen molar-refractivity contribution in [2.45, 2.75) is 6.04 Å². The quantitative estimate of drug-likeness (QED) is 0.538. The SMILES string of the molecule is C=C1NC(=O)N[C@H](c2cccc(O)c2)[C@@H]1C(=O)OCCOc1ccccc1. The molecule has 0 aromatic heterocycles. The van der Waals surface area contributed by atoms with Gasteiger partial charge in [0.05, 0.1) is 6.04 Å². The van der Waals surface area contributed by atoms with E-state index in [1.807, 2.05) is 30.3 Å². The molecule has 1 fully saturated rings. The molecule has 140 valence electrons. The van der Waals surface area contributed by atoms with Crippen molar-refractivity contribution in [1.29, 1.82) is 0 Å². The van der Waals surface area contributed by atoms with Crippen molar-refractivity contribution < 1.29 is 24.2 Å². The first kappa shape index (κ1) is 18.3. The number of hydrogen-bond acceptors (Lipinski definition) is 5. The number of phenols is 1. The van der Waals surface area contributed by atoms with E-state index in [0.717, 1.165) is 0 Å². The van der Waals surface area contributed by atoms with Gasteiger partial charge in [-0.05, 0) is 29.8 Å². The molecule has 3 rings (SSSR count). The second kappa shape index (κ2) is 8.27. The van der Waals surface area contributed by atoms with Crippen LogP contribution in [0.1, 0.15) is 11.6 Å². The summed E-state index contributed by atoms with van der Waals surface area (Å²) in [7, 11) is 0. The van der Waals surface area contributed by atoms with Crippen LogP contribution in [0.2, 0.25) is 0 Å². The Morgan fingerprint density at radius 2 is 1.89 bits per heavy atom. The van der Waals surface area contributed by atoms with E-state index in [0.29, 0.717) is 11.3 Å². The third-order valence-corrected chi connectivity index (χ3v) is 4.09. The number of ether oxygens (including phenoxy) is 2. The molecular formula is C20H20N2O5. The number of esters is 1. The van der Waals surface area contributed by atoms with Crippen molar-refractivity contribution >= 4 is 12.0 Å². The van der Waals surface area contributed by atoms with Gasteiger partial charge in [-0.15, -0.1) is 0 Å². The minimum atomic E-state index is -0.832. The summed E-state index contributed by atoms with van der Waals surface area (Å²) in [6, 6.07) is 14.4. The van der Waals surface area contributed by atoms with E-state index in [1.54, 1.807) is 12.1 Å². The summed E-state index contributed by atoms with van der Waals surface area (Å²) in [6.07, 6.45) is 0. The Morgan fingerprint density at radius 1 is 1.11 bits per heavy atom. The van der Waals surface area contributed by atoms with Crippen LogP contribution >= 0.6 is 0 Å². The van der Waals surface area contributed by atoms with E-state index in [1.165, 1.54) is 12.1 Å². The standard InChI is InChI=1S/C20H20N2O5/c1-13-17(19(24)27-11-10-26-16-8-3-2-4-9-16)18(22-20(25)21-13)14-6-5-7-15(23)12-14/h2-9,12,17-18,23H,1,10-11H2,(H2,21,22,25)/t17-,18-/m1/s1. The highest BCUT2D eigenvalue weighted by Gasteiger charge is 2.39. The van der Waals surface area contributed by atoms with Crippen LogP contribution in [-0.2, 0) is 9.53 Å². The smallest absolute Gasteiger partial charge is 0.319 e. The average Bonchev–Trinajstić information content (AvgIpc) is 2.65. The van der Waals surface area contributed by atoms with Crippen LogP contribution in [0.4, 0.5) is 4.79 Å². The van der Waals surface area contributed by atoms with Crippen molar-refractivity contribution in [3.05, 3.63) is 72.4 Å². The number of carbonyl (C=O) groups excluding carboxylic acids is 2.